The molecular formula is C12H14F3NO2. The highest BCUT2D eigenvalue weighted by Gasteiger charge is 2.35. The van der Waals surface area contributed by atoms with Gasteiger partial charge in [-0.2, -0.15) is 0 Å². The molecule has 18 heavy (non-hydrogen) atoms. The van der Waals surface area contributed by atoms with E-state index in [1.165, 1.54) is 18.2 Å². The van der Waals surface area contributed by atoms with E-state index in [1.54, 1.807) is 20.9 Å². The van der Waals surface area contributed by atoms with Crippen molar-refractivity contribution >= 4 is 5.78 Å². The van der Waals surface area contributed by atoms with Crippen molar-refractivity contribution in [2.75, 3.05) is 7.05 Å². The molecule has 1 aromatic carbocycles. The van der Waals surface area contributed by atoms with Gasteiger partial charge in [-0.1, -0.05) is 12.1 Å². The van der Waals surface area contributed by atoms with Gasteiger partial charge >= 0.3 is 6.36 Å². The van der Waals surface area contributed by atoms with E-state index in [4.69, 9.17) is 0 Å². The molecule has 1 rings (SSSR count). The Labute approximate surface area is 103 Å². The third kappa shape index (κ3) is 3.46. The van der Waals surface area contributed by atoms with Gasteiger partial charge in [-0.05, 0) is 33.0 Å². The van der Waals surface area contributed by atoms with Gasteiger partial charge in [0.25, 0.3) is 0 Å². The van der Waals surface area contributed by atoms with Gasteiger partial charge < -0.3 is 10.1 Å². The Morgan fingerprint density at radius 1 is 1.22 bits per heavy atom. The summed E-state index contributed by atoms with van der Waals surface area (Å²) in [5, 5.41) is 2.74. The molecule has 0 spiro atoms. The molecule has 0 aliphatic rings. The second-order valence-electron chi connectivity index (χ2n) is 4.25. The summed E-state index contributed by atoms with van der Waals surface area (Å²) in [6.07, 6.45) is -4.82. The van der Waals surface area contributed by atoms with Crippen molar-refractivity contribution in [3.63, 3.8) is 0 Å². The fourth-order valence-electron chi connectivity index (χ4n) is 1.32. The summed E-state index contributed by atoms with van der Waals surface area (Å²) in [5.41, 5.74) is -1.07. The lowest BCUT2D eigenvalue weighted by atomic mass is 9.93. The number of hydrogen-bond acceptors (Lipinski definition) is 3. The molecule has 0 unspecified atom stereocenters. The molecular weight excluding hydrogens is 247 g/mol. The second-order valence-corrected chi connectivity index (χ2v) is 4.25. The Balaban J connectivity index is 3.14. The number of ether oxygens (including phenoxy) is 1. The number of likely N-dealkylation sites (N-methyl/N-ethyl adjacent to an activating group) is 1. The number of benzene rings is 1. The maximum Gasteiger partial charge on any atom is 0.573 e. The molecule has 0 bridgehead atoms. The fourth-order valence-corrected chi connectivity index (χ4v) is 1.32. The van der Waals surface area contributed by atoms with Crippen LogP contribution in [-0.2, 0) is 0 Å². The lowest BCUT2D eigenvalue weighted by Gasteiger charge is -2.23. The number of rotatable bonds is 4. The minimum absolute atomic E-state index is 0.103. The van der Waals surface area contributed by atoms with Crippen LogP contribution in [0.15, 0.2) is 24.3 Å². The molecule has 0 aromatic heterocycles. The maximum atomic E-state index is 12.2. The number of alkyl halides is 3. The van der Waals surface area contributed by atoms with Crippen LogP contribution in [0.3, 0.4) is 0 Å². The van der Waals surface area contributed by atoms with Crippen LogP contribution in [0.4, 0.5) is 13.2 Å². The van der Waals surface area contributed by atoms with E-state index in [-0.39, 0.29) is 5.56 Å². The number of Topliss-reactive ketones (excluding diaryl/α,β-unsaturated/α-hetero) is 1. The smallest absolute Gasteiger partial charge is 0.405 e. The van der Waals surface area contributed by atoms with Gasteiger partial charge in [0.1, 0.15) is 5.75 Å². The van der Waals surface area contributed by atoms with Gasteiger partial charge in [-0.15, -0.1) is 13.2 Å². The molecule has 0 aliphatic heterocycles. The average molecular weight is 261 g/mol. The van der Waals surface area contributed by atoms with Crippen molar-refractivity contribution in [3.8, 4) is 5.75 Å². The van der Waals surface area contributed by atoms with Gasteiger partial charge in [0.15, 0.2) is 5.78 Å². The summed E-state index contributed by atoms with van der Waals surface area (Å²) < 4.78 is 40.5. The van der Waals surface area contributed by atoms with Gasteiger partial charge in [0.05, 0.1) is 11.1 Å². The molecule has 0 saturated heterocycles. The van der Waals surface area contributed by atoms with E-state index in [0.717, 1.165) is 6.07 Å². The van der Waals surface area contributed by atoms with Gasteiger partial charge in [0, 0.05) is 0 Å². The van der Waals surface area contributed by atoms with E-state index < -0.39 is 23.4 Å². The largest absolute Gasteiger partial charge is 0.573 e. The lowest BCUT2D eigenvalue weighted by molar-refractivity contribution is -0.274. The van der Waals surface area contributed by atoms with Crippen LogP contribution in [0.2, 0.25) is 0 Å². The second kappa shape index (κ2) is 4.97. The highest BCUT2D eigenvalue weighted by molar-refractivity contribution is 6.04. The summed E-state index contributed by atoms with van der Waals surface area (Å²) in [4.78, 5) is 12.1. The number of para-hydroxylation sites is 1. The van der Waals surface area contributed by atoms with E-state index in [9.17, 15) is 18.0 Å². The van der Waals surface area contributed by atoms with Crippen molar-refractivity contribution < 1.29 is 22.7 Å². The number of hydrogen-bond donors (Lipinski definition) is 1. The molecule has 0 fully saturated rings. The Bertz CT molecular complexity index is 441. The number of halogens is 3. The first-order valence-electron chi connectivity index (χ1n) is 5.26. The standard InChI is InChI=1S/C12H14F3NO2/c1-11(2,16-3)10(17)8-6-4-5-7-9(8)18-12(13,14)15/h4-7,16H,1-3H3. The van der Waals surface area contributed by atoms with Crippen molar-refractivity contribution in [2.45, 2.75) is 25.7 Å². The summed E-state index contributed by atoms with van der Waals surface area (Å²) in [6.45, 7) is 3.17. The topological polar surface area (TPSA) is 38.3 Å². The molecule has 1 N–H and O–H groups in total. The first-order chi connectivity index (χ1) is 8.17. The first kappa shape index (κ1) is 14.5. The molecule has 0 radical (unpaired) electrons. The van der Waals surface area contributed by atoms with Crippen molar-refractivity contribution in [1.29, 1.82) is 0 Å². The Morgan fingerprint density at radius 3 is 2.28 bits per heavy atom. The molecule has 100 valence electrons. The summed E-state index contributed by atoms with van der Waals surface area (Å²) in [5.74, 6) is -0.955. The summed E-state index contributed by atoms with van der Waals surface area (Å²) in [6, 6.07) is 5.29. The van der Waals surface area contributed by atoms with Crippen LogP contribution in [0.1, 0.15) is 24.2 Å². The third-order valence-corrected chi connectivity index (χ3v) is 2.55. The molecule has 0 heterocycles. The Morgan fingerprint density at radius 2 is 1.78 bits per heavy atom. The van der Waals surface area contributed by atoms with Crippen molar-refractivity contribution in [3.05, 3.63) is 29.8 Å². The van der Waals surface area contributed by atoms with Gasteiger partial charge in [0.2, 0.25) is 0 Å². The van der Waals surface area contributed by atoms with E-state index in [1.807, 2.05) is 0 Å². The van der Waals surface area contributed by atoms with Crippen molar-refractivity contribution in [1.82, 2.24) is 5.32 Å². The quantitative estimate of drug-likeness (QED) is 0.847. The van der Waals surface area contributed by atoms with Crippen molar-refractivity contribution in [2.24, 2.45) is 0 Å². The normalized spacial score (nSPS) is 12.3. The predicted molar refractivity (Wildman–Crippen MR) is 60.6 cm³/mol. The average Bonchev–Trinajstić information content (AvgIpc) is 2.26. The zero-order valence-electron chi connectivity index (χ0n) is 10.3. The SMILES string of the molecule is CNC(C)(C)C(=O)c1ccccc1OC(F)(F)F. The minimum Gasteiger partial charge on any atom is -0.405 e. The highest BCUT2D eigenvalue weighted by atomic mass is 19.4. The monoisotopic (exact) mass is 261 g/mol. The molecule has 6 heteroatoms. The fraction of sp³-hybridized carbons (Fsp3) is 0.417. The number of nitrogens with one attached hydrogen (secondary N) is 1. The zero-order chi connectivity index (χ0) is 14.0. The number of carbonyl (C=O) groups is 1. The van der Waals surface area contributed by atoms with E-state index in [2.05, 4.69) is 10.1 Å². The lowest BCUT2D eigenvalue weighted by Crippen LogP contribution is -2.44. The summed E-state index contributed by atoms with van der Waals surface area (Å²) >= 11 is 0. The van der Waals surface area contributed by atoms with Crippen LogP contribution >= 0.6 is 0 Å². The van der Waals surface area contributed by atoms with Crippen LogP contribution in [-0.4, -0.2) is 24.7 Å². The molecule has 0 amide bonds. The molecule has 3 nitrogen and oxygen atoms in total. The van der Waals surface area contributed by atoms with Crippen LogP contribution < -0.4 is 10.1 Å². The molecule has 0 atom stereocenters. The number of carbonyl (C=O) groups excluding carboxylic acids is 1. The maximum absolute atomic E-state index is 12.2. The molecule has 1 aromatic rings. The van der Waals surface area contributed by atoms with Gasteiger partial charge in [-0.3, -0.25) is 4.79 Å². The predicted octanol–water partition coefficient (Wildman–Crippen LogP) is 2.77. The van der Waals surface area contributed by atoms with Crippen LogP contribution in [0, 0.1) is 0 Å². The molecule has 0 saturated carbocycles. The zero-order valence-corrected chi connectivity index (χ0v) is 10.3. The highest BCUT2D eigenvalue weighted by Crippen LogP contribution is 2.28. The first-order valence-corrected chi connectivity index (χ1v) is 5.26. The van der Waals surface area contributed by atoms with Crippen LogP contribution in [0.5, 0.6) is 5.75 Å². The minimum atomic E-state index is -4.82. The van der Waals surface area contributed by atoms with Crippen LogP contribution in [0.25, 0.3) is 0 Å². The van der Waals surface area contributed by atoms with E-state index >= 15 is 0 Å². The van der Waals surface area contributed by atoms with E-state index in [0.29, 0.717) is 0 Å². The third-order valence-electron chi connectivity index (χ3n) is 2.55. The summed E-state index contributed by atoms with van der Waals surface area (Å²) in [7, 11) is 1.56. The Kier molecular flexibility index (Phi) is 4.01. The number of ketones is 1. The van der Waals surface area contributed by atoms with Gasteiger partial charge in [-0.25, -0.2) is 0 Å². The Hall–Kier alpha value is -1.56. The molecule has 0 aliphatic carbocycles.